The van der Waals surface area contributed by atoms with E-state index in [9.17, 15) is 9.18 Å². The quantitative estimate of drug-likeness (QED) is 0.504. The molecule has 0 radical (unpaired) electrons. The molecule has 5 nitrogen and oxygen atoms in total. The molecule has 2 aromatic rings. The van der Waals surface area contributed by atoms with E-state index < -0.39 is 0 Å². The van der Waals surface area contributed by atoms with Gasteiger partial charge in [0.15, 0.2) is 0 Å². The lowest BCUT2D eigenvalue weighted by Crippen LogP contribution is -2.30. The van der Waals surface area contributed by atoms with Crippen molar-refractivity contribution in [2.45, 2.75) is 20.4 Å². The maximum absolute atomic E-state index is 13.0. The molecule has 1 heterocycles. The second kappa shape index (κ2) is 6.41. The van der Waals surface area contributed by atoms with E-state index in [1.807, 2.05) is 11.8 Å². The van der Waals surface area contributed by atoms with E-state index >= 15 is 0 Å². The first-order chi connectivity index (χ1) is 10.0. The van der Waals surface area contributed by atoms with E-state index in [-0.39, 0.29) is 11.7 Å². The van der Waals surface area contributed by atoms with E-state index in [4.69, 9.17) is 10.3 Å². The lowest BCUT2D eigenvalue weighted by molar-refractivity contribution is 0.0952. The Kier molecular flexibility index (Phi) is 4.59. The van der Waals surface area contributed by atoms with Crippen LogP contribution in [0, 0.1) is 12.7 Å². The number of nitrogens with one attached hydrogen (secondary N) is 1. The SMILES string of the molecule is CCN(Cc1cc(C(=O)NN)c(C)o1)c1ccc(F)cc1. The number of rotatable bonds is 5. The molecular formula is C15H18FN3O2. The average molecular weight is 291 g/mol. The number of hydrogen-bond acceptors (Lipinski definition) is 4. The van der Waals surface area contributed by atoms with Gasteiger partial charge >= 0.3 is 0 Å². The molecule has 0 aliphatic heterocycles. The van der Waals surface area contributed by atoms with Gasteiger partial charge in [0.25, 0.3) is 5.91 Å². The zero-order valence-electron chi connectivity index (χ0n) is 12.0. The Bertz CT molecular complexity index is 622. The van der Waals surface area contributed by atoms with Crippen LogP contribution < -0.4 is 16.2 Å². The van der Waals surface area contributed by atoms with Gasteiger partial charge in [-0.1, -0.05) is 0 Å². The molecule has 1 aromatic carbocycles. The highest BCUT2D eigenvalue weighted by Crippen LogP contribution is 2.21. The molecule has 0 spiro atoms. The van der Waals surface area contributed by atoms with Crippen molar-refractivity contribution in [3.8, 4) is 0 Å². The fraction of sp³-hybridized carbons (Fsp3) is 0.267. The van der Waals surface area contributed by atoms with Crippen LogP contribution in [0.15, 0.2) is 34.7 Å². The van der Waals surface area contributed by atoms with Crippen molar-refractivity contribution in [3.63, 3.8) is 0 Å². The fourth-order valence-corrected chi connectivity index (χ4v) is 2.15. The molecule has 0 atom stereocenters. The van der Waals surface area contributed by atoms with Gasteiger partial charge < -0.3 is 9.32 Å². The molecule has 1 aromatic heterocycles. The number of nitrogen functional groups attached to an aromatic ring is 1. The highest BCUT2D eigenvalue weighted by atomic mass is 19.1. The summed E-state index contributed by atoms with van der Waals surface area (Å²) < 4.78 is 18.6. The molecule has 0 aliphatic carbocycles. The van der Waals surface area contributed by atoms with Gasteiger partial charge in [-0.25, -0.2) is 10.2 Å². The molecule has 0 bridgehead atoms. The maximum Gasteiger partial charge on any atom is 0.268 e. The molecule has 0 saturated carbocycles. The zero-order valence-corrected chi connectivity index (χ0v) is 12.0. The smallest absolute Gasteiger partial charge is 0.268 e. The number of carbonyl (C=O) groups excluding carboxylic acids is 1. The molecule has 21 heavy (non-hydrogen) atoms. The number of benzene rings is 1. The first-order valence-electron chi connectivity index (χ1n) is 6.66. The van der Waals surface area contributed by atoms with Gasteiger partial charge in [0.2, 0.25) is 0 Å². The lowest BCUT2D eigenvalue weighted by atomic mass is 10.2. The third kappa shape index (κ3) is 3.41. The molecule has 0 fully saturated rings. The second-order valence-electron chi connectivity index (χ2n) is 4.65. The Morgan fingerprint density at radius 3 is 2.62 bits per heavy atom. The Labute approximate surface area is 122 Å². The first kappa shape index (κ1) is 15.1. The van der Waals surface area contributed by atoms with Crippen LogP contribution in [0.3, 0.4) is 0 Å². The number of halogens is 1. The summed E-state index contributed by atoms with van der Waals surface area (Å²) >= 11 is 0. The van der Waals surface area contributed by atoms with Crippen LogP contribution in [0.1, 0.15) is 28.8 Å². The van der Waals surface area contributed by atoms with E-state index in [0.717, 1.165) is 12.2 Å². The van der Waals surface area contributed by atoms with Crippen molar-refractivity contribution < 1.29 is 13.6 Å². The first-order valence-corrected chi connectivity index (χ1v) is 6.66. The van der Waals surface area contributed by atoms with E-state index in [1.165, 1.54) is 12.1 Å². The van der Waals surface area contributed by atoms with Gasteiger partial charge in [-0.05, 0) is 44.2 Å². The molecule has 6 heteroatoms. The predicted octanol–water partition coefficient (Wildman–Crippen LogP) is 2.36. The average Bonchev–Trinajstić information content (AvgIpc) is 2.85. The summed E-state index contributed by atoms with van der Waals surface area (Å²) in [5, 5.41) is 0. The standard InChI is InChI=1S/C15H18FN3O2/c1-3-19(12-6-4-11(16)5-7-12)9-13-8-14(10(2)21-13)15(20)18-17/h4-8H,3,9,17H2,1-2H3,(H,18,20). The van der Waals surface area contributed by atoms with Crippen molar-refractivity contribution in [2.24, 2.45) is 5.84 Å². The fourth-order valence-electron chi connectivity index (χ4n) is 2.15. The third-order valence-corrected chi connectivity index (χ3v) is 3.26. The predicted molar refractivity (Wildman–Crippen MR) is 78.2 cm³/mol. The number of nitrogens with two attached hydrogens (primary N) is 1. The van der Waals surface area contributed by atoms with Crippen LogP contribution in [-0.2, 0) is 6.54 Å². The van der Waals surface area contributed by atoms with Gasteiger partial charge in [-0.2, -0.15) is 0 Å². The number of hydrogen-bond donors (Lipinski definition) is 2. The normalized spacial score (nSPS) is 10.5. The topological polar surface area (TPSA) is 71.5 Å². The summed E-state index contributed by atoms with van der Waals surface area (Å²) in [6.45, 7) is 4.92. The van der Waals surface area contributed by atoms with Crippen LogP contribution in [0.25, 0.3) is 0 Å². The largest absolute Gasteiger partial charge is 0.464 e. The number of hydrazine groups is 1. The van der Waals surface area contributed by atoms with Crippen molar-refractivity contribution >= 4 is 11.6 Å². The number of anilines is 1. The summed E-state index contributed by atoms with van der Waals surface area (Å²) in [5.74, 6) is 5.64. The third-order valence-electron chi connectivity index (χ3n) is 3.26. The van der Waals surface area contributed by atoms with Crippen LogP contribution in [0.5, 0.6) is 0 Å². The van der Waals surface area contributed by atoms with E-state index in [0.29, 0.717) is 23.6 Å². The number of furan rings is 1. The van der Waals surface area contributed by atoms with Crippen molar-refractivity contribution in [2.75, 3.05) is 11.4 Å². The number of nitrogens with zero attached hydrogens (tertiary/aromatic N) is 1. The summed E-state index contributed by atoms with van der Waals surface area (Å²) in [4.78, 5) is 13.6. The van der Waals surface area contributed by atoms with Crippen LogP contribution >= 0.6 is 0 Å². The summed E-state index contributed by atoms with van der Waals surface area (Å²) in [6, 6.07) is 7.92. The van der Waals surface area contributed by atoms with Gasteiger partial charge in [0, 0.05) is 12.2 Å². The summed E-state index contributed by atoms with van der Waals surface area (Å²) in [7, 11) is 0. The maximum atomic E-state index is 13.0. The van der Waals surface area contributed by atoms with Crippen LogP contribution in [-0.4, -0.2) is 12.5 Å². The monoisotopic (exact) mass is 291 g/mol. The van der Waals surface area contributed by atoms with Gasteiger partial charge in [0.1, 0.15) is 17.3 Å². The summed E-state index contributed by atoms with van der Waals surface area (Å²) in [6.07, 6.45) is 0. The molecule has 2 rings (SSSR count). The zero-order chi connectivity index (χ0) is 15.4. The molecular weight excluding hydrogens is 273 g/mol. The Morgan fingerprint density at radius 1 is 1.38 bits per heavy atom. The molecule has 0 aliphatic rings. The van der Waals surface area contributed by atoms with Gasteiger partial charge in [0.05, 0.1) is 12.1 Å². The number of amides is 1. The molecule has 1 amide bonds. The summed E-state index contributed by atoms with van der Waals surface area (Å²) in [5.41, 5.74) is 3.39. The minimum absolute atomic E-state index is 0.273. The van der Waals surface area contributed by atoms with Crippen LogP contribution in [0.4, 0.5) is 10.1 Å². The van der Waals surface area contributed by atoms with Crippen molar-refractivity contribution in [1.82, 2.24) is 5.43 Å². The van der Waals surface area contributed by atoms with Crippen molar-refractivity contribution in [1.29, 1.82) is 0 Å². The Morgan fingerprint density at radius 2 is 2.05 bits per heavy atom. The highest BCUT2D eigenvalue weighted by molar-refractivity contribution is 5.94. The van der Waals surface area contributed by atoms with Gasteiger partial charge in [-0.3, -0.25) is 10.2 Å². The Hall–Kier alpha value is -2.34. The Balaban J connectivity index is 2.19. The van der Waals surface area contributed by atoms with E-state index in [1.54, 1.807) is 25.1 Å². The number of carbonyl (C=O) groups is 1. The minimum atomic E-state index is -0.382. The van der Waals surface area contributed by atoms with Gasteiger partial charge in [-0.15, -0.1) is 0 Å². The molecule has 112 valence electrons. The van der Waals surface area contributed by atoms with E-state index in [2.05, 4.69) is 5.43 Å². The van der Waals surface area contributed by atoms with Crippen LogP contribution in [0.2, 0.25) is 0 Å². The molecule has 3 N–H and O–H groups in total. The molecule has 0 unspecified atom stereocenters. The number of aryl methyl sites for hydroxylation is 1. The second-order valence-corrected chi connectivity index (χ2v) is 4.65. The highest BCUT2D eigenvalue weighted by Gasteiger charge is 2.16. The minimum Gasteiger partial charge on any atom is -0.464 e. The lowest BCUT2D eigenvalue weighted by Gasteiger charge is -2.21. The molecule has 0 saturated heterocycles. The van der Waals surface area contributed by atoms with Crippen molar-refractivity contribution in [3.05, 3.63) is 53.2 Å².